The number of hydrogen-bond donors (Lipinski definition) is 4. The smallest absolute Gasteiger partial charge is 0.407 e. The molecule has 4 aliphatic rings. The highest BCUT2D eigenvalue weighted by molar-refractivity contribution is 6.07. The van der Waals surface area contributed by atoms with Gasteiger partial charge in [-0.3, -0.25) is 9.59 Å². The lowest BCUT2D eigenvalue weighted by Gasteiger charge is -2.39. The molecule has 0 bridgehead atoms. The Morgan fingerprint density at radius 3 is 2.15 bits per heavy atom. The minimum absolute atomic E-state index is 0.0292. The number of methoxy groups -OCH3 is 2. The van der Waals surface area contributed by atoms with Crippen LogP contribution >= 0.6 is 0 Å². The first kappa shape index (κ1) is 44.1. The third-order valence-electron chi connectivity index (χ3n) is 14.1. The predicted octanol–water partition coefficient (Wildman–Crippen LogP) is 8.08. The molecular weight excluding hydrogens is 829 g/mol. The maximum Gasteiger partial charge on any atom is 0.407 e. The van der Waals surface area contributed by atoms with E-state index in [-0.39, 0.29) is 60.0 Å². The molecule has 0 spiro atoms. The summed E-state index contributed by atoms with van der Waals surface area (Å²) in [4.78, 5) is 74.0. The van der Waals surface area contributed by atoms with Crippen molar-refractivity contribution in [1.29, 1.82) is 0 Å². The SMILES string of the molecule is COC(=O)N[C@H](C(=O)N1[C@@H](C)CC[C@H]1c1nc2ccc3cc4c(cc3c2[nH]1)OCc1cc(-c2cnc([C@@H]3CC[C@H](C)N3C(=O)[C@@H](NC(=O)OC)[C@H]3C[C@@H](C)O[C@@H](C)C3)[nH]2)ccc1-4)C(C)C. The molecular formula is C49H60N8O8. The summed E-state index contributed by atoms with van der Waals surface area (Å²) in [5, 5.41) is 7.62. The molecule has 16 nitrogen and oxygen atoms in total. The molecule has 5 aromatic rings. The van der Waals surface area contributed by atoms with Crippen LogP contribution in [0.3, 0.4) is 0 Å². The number of amides is 4. The van der Waals surface area contributed by atoms with E-state index >= 15 is 0 Å². The Kier molecular flexibility index (Phi) is 12.0. The fourth-order valence-corrected chi connectivity index (χ4v) is 10.9. The number of carbonyl (C=O) groups excluding carboxylic acids is 4. The van der Waals surface area contributed by atoms with Gasteiger partial charge in [0.25, 0.3) is 0 Å². The summed E-state index contributed by atoms with van der Waals surface area (Å²) in [6, 6.07) is 12.6. The molecule has 4 aliphatic heterocycles. The Bertz CT molecular complexity index is 2630. The lowest BCUT2D eigenvalue weighted by Crippen LogP contribution is -2.55. The zero-order valence-electron chi connectivity index (χ0n) is 38.4. The van der Waals surface area contributed by atoms with Crippen molar-refractivity contribution >= 4 is 45.8 Å². The van der Waals surface area contributed by atoms with Crippen LogP contribution in [0.4, 0.5) is 9.59 Å². The van der Waals surface area contributed by atoms with Crippen molar-refractivity contribution in [3.8, 4) is 28.1 Å². The van der Waals surface area contributed by atoms with Gasteiger partial charge >= 0.3 is 12.2 Å². The number of alkyl carbamates (subject to hydrolysis) is 2. The second-order valence-electron chi connectivity index (χ2n) is 18.8. The van der Waals surface area contributed by atoms with Gasteiger partial charge in [0.1, 0.15) is 36.1 Å². The fourth-order valence-electron chi connectivity index (χ4n) is 10.9. The second-order valence-corrected chi connectivity index (χ2v) is 18.8. The summed E-state index contributed by atoms with van der Waals surface area (Å²) in [6.07, 6.45) is 4.93. The first-order valence-corrected chi connectivity index (χ1v) is 23.0. The third kappa shape index (κ3) is 8.25. The fraction of sp³-hybridized carbons (Fsp3) is 0.510. The van der Waals surface area contributed by atoms with Crippen LogP contribution in [0.25, 0.3) is 44.2 Å². The number of carbonyl (C=O) groups is 4. The number of benzene rings is 3. The van der Waals surface area contributed by atoms with Crippen molar-refractivity contribution < 1.29 is 38.1 Å². The van der Waals surface area contributed by atoms with Crippen LogP contribution in [0.15, 0.2) is 48.7 Å². The standard InChI is InChI=1S/C49H60N8O8/c1-24(2)41(54-48(60)62-7)46(58)57-26(4)10-16-39(57)45-51-36-14-12-29-20-35-33-13-11-30(19-32(33)23-64-40(35)21-34(29)43(36)53-45)37-22-50-44(52-37)38-15-9-25(3)56(38)47(59)42(55-49(61)63-8)31-17-27(5)65-28(6)18-31/h11-14,19-22,24-28,31,38-39,41-42H,9-10,15-18,23H2,1-8H3,(H,50,52)(H,51,53)(H,54,60)(H,55,61)/t25-,26-,27-,28+,31+,38-,39-,41-,42-/m0/s1. The molecule has 2 aromatic heterocycles. The van der Waals surface area contributed by atoms with E-state index < -0.39 is 24.3 Å². The molecule has 4 N–H and O–H groups in total. The summed E-state index contributed by atoms with van der Waals surface area (Å²) in [5.41, 5.74) is 6.58. The monoisotopic (exact) mass is 888 g/mol. The Morgan fingerprint density at radius 2 is 1.46 bits per heavy atom. The van der Waals surface area contributed by atoms with Crippen molar-refractivity contribution in [1.82, 2.24) is 40.4 Å². The van der Waals surface area contributed by atoms with E-state index in [9.17, 15) is 19.2 Å². The number of ether oxygens (including phenoxy) is 4. The average Bonchev–Trinajstić information content (AvgIpc) is 4.11. The minimum atomic E-state index is -0.747. The van der Waals surface area contributed by atoms with Crippen LogP contribution in [0.5, 0.6) is 5.75 Å². The van der Waals surface area contributed by atoms with Gasteiger partial charge < -0.3 is 49.3 Å². The number of hydrogen-bond acceptors (Lipinski definition) is 10. The number of rotatable bonds is 9. The normalized spacial score (nSPS) is 24.9. The molecule has 3 saturated heterocycles. The van der Waals surface area contributed by atoms with Crippen molar-refractivity contribution in [2.75, 3.05) is 14.2 Å². The van der Waals surface area contributed by atoms with Crippen LogP contribution < -0.4 is 15.4 Å². The second kappa shape index (κ2) is 17.7. The topological polar surface area (TPSA) is 193 Å². The maximum atomic E-state index is 14.5. The van der Waals surface area contributed by atoms with Crippen molar-refractivity contribution in [2.24, 2.45) is 11.8 Å². The van der Waals surface area contributed by atoms with Crippen LogP contribution in [0, 0.1) is 11.8 Å². The van der Waals surface area contributed by atoms with Gasteiger partial charge in [0, 0.05) is 23.0 Å². The molecule has 0 saturated carbocycles. The molecule has 0 aliphatic carbocycles. The highest BCUT2D eigenvalue weighted by atomic mass is 16.5. The zero-order valence-corrected chi connectivity index (χ0v) is 38.4. The number of nitrogens with one attached hydrogen (secondary N) is 4. The third-order valence-corrected chi connectivity index (χ3v) is 14.1. The van der Waals surface area contributed by atoms with Gasteiger partial charge in [-0.05, 0) is 124 Å². The molecule has 0 radical (unpaired) electrons. The van der Waals surface area contributed by atoms with E-state index in [0.717, 1.165) is 81.2 Å². The summed E-state index contributed by atoms with van der Waals surface area (Å²) >= 11 is 0. The van der Waals surface area contributed by atoms with Gasteiger partial charge in [0.2, 0.25) is 11.8 Å². The van der Waals surface area contributed by atoms with Crippen molar-refractivity contribution in [3.05, 3.63) is 65.9 Å². The van der Waals surface area contributed by atoms with Crippen molar-refractivity contribution in [2.45, 2.75) is 135 Å². The number of imidazole rings is 2. The first-order chi connectivity index (χ1) is 31.2. The van der Waals surface area contributed by atoms with Crippen LogP contribution in [-0.4, -0.2) is 104 Å². The maximum absolute atomic E-state index is 14.5. The highest BCUT2D eigenvalue weighted by Gasteiger charge is 2.45. The molecule has 6 heterocycles. The number of H-pyrrole nitrogens is 2. The highest BCUT2D eigenvalue weighted by Crippen LogP contribution is 2.44. The van der Waals surface area contributed by atoms with E-state index in [4.69, 9.17) is 28.9 Å². The Morgan fingerprint density at radius 1 is 0.785 bits per heavy atom. The van der Waals surface area contributed by atoms with Crippen LogP contribution in [0.2, 0.25) is 0 Å². The number of fused-ring (bicyclic) bond motifs is 6. The molecule has 16 heteroatoms. The quantitative estimate of drug-likeness (QED) is 0.112. The molecule has 0 unspecified atom stereocenters. The van der Waals surface area contributed by atoms with E-state index in [1.807, 2.05) is 56.7 Å². The Hall–Kier alpha value is -6.16. The van der Waals surface area contributed by atoms with Crippen molar-refractivity contribution in [3.63, 3.8) is 0 Å². The van der Waals surface area contributed by atoms with Gasteiger partial charge in [0.15, 0.2) is 0 Å². The first-order valence-electron chi connectivity index (χ1n) is 23.0. The number of likely N-dealkylation sites (tertiary alicyclic amines) is 2. The minimum Gasteiger partial charge on any atom is -0.488 e. The van der Waals surface area contributed by atoms with E-state index in [2.05, 4.69) is 63.9 Å². The van der Waals surface area contributed by atoms with Crippen LogP contribution in [-0.2, 0) is 30.4 Å². The summed E-state index contributed by atoms with van der Waals surface area (Å²) < 4.78 is 22.2. The summed E-state index contributed by atoms with van der Waals surface area (Å²) in [7, 11) is 2.61. The number of aromatic nitrogens is 4. The summed E-state index contributed by atoms with van der Waals surface area (Å²) in [6.45, 7) is 12.3. The lowest BCUT2D eigenvalue weighted by molar-refractivity contribution is -0.140. The molecule has 344 valence electrons. The summed E-state index contributed by atoms with van der Waals surface area (Å²) in [5.74, 6) is 1.67. The van der Waals surface area contributed by atoms with Gasteiger partial charge in [-0.15, -0.1) is 0 Å². The zero-order chi connectivity index (χ0) is 45.8. The van der Waals surface area contributed by atoms with Gasteiger partial charge in [-0.25, -0.2) is 19.6 Å². The van der Waals surface area contributed by atoms with E-state index in [1.54, 1.807) is 0 Å². The number of nitrogens with zero attached hydrogens (tertiary/aromatic N) is 4. The molecule has 3 aromatic carbocycles. The lowest BCUT2D eigenvalue weighted by atomic mass is 9.85. The molecule has 9 rings (SSSR count). The molecule has 65 heavy (non-hydrogen) atoms. The molecule has 9 atom stereocenters. The Balaban J connectivity index is 0.959. The Labute approximate surface area is 378 Å². The predicted molar refractivity (Wildman–Crippen MR) is 244 cm³/mol. The van der Waals surface area contributed by atoms with Gasteiger partial charge in [-0.2, -0.15) is 0 Å². The average molecular weight is 889 g/mol. The molecule has 3 fully saturated rings. The van der Waals surface area contributed by atoms with E-state index in [0.29, 0.717) is 31.1 Å². The van der Waals surface area contributed by atoms with Gasteiger partial charge in [-0.1, -0.05) is 32.0 Å². The van der Waals surface area contributed by atoms with Crippen LogP contribution in [0.1, 0.15) is 109 Å². The van der Waals surface area contributed by atoms with Gasteiger partial charge in [0.05, 0.1) is 61.4 Å². The van der Waals surface area contributed by atoms with E-state index in [1.165, 1.54) is 14.2 Å². The molecule has 4 amide bonds. The largest absolute Gasteiger partial charge is 0.488 e. The number of aromatic amines is 2.